The summed E-state index contributed by atoms with van der Waals surface area (Å²) in [5, 5.41) is 3.25. The number of rotatable bonds is 6. The lowest BCUT2D eigenvalue weighted by molar-refractivity contribution is -0.127. The Labute approximate surface area is 179 Å². The van der Waals surface area contributed by atoms with Crippen molar-refractivity contribution in [1.29, 1.82) is 0 Å². The zero-order valence-corrected chi connectivity index (χ0v) is 18.2. The average Bonchev–Trinajstić information content (AvgIpc) is 3.20. The molecule has 1 aliphatic carbocycles. The van der Waals surface area contributed by atoms with Gasteiger partial charge < -0.3 is 15.0 Å². The third-order valence-electron chi connectivity index (χ3n) is 7.22. The number of benzene rings is 1. The summed E-state index contributed by atoms with van der Waals surface area (Å²) in [5.41, 5.74) is 2.16. The number of para-hydroxylation sites is 1. The number of hydrogen-bond acceptors (Lipinski definition) is 4. The summed E-state index contributed by atoms with van der Waals surface area (Å²) < 4.78 is 5.55. The summed E-state index contributed by atoms with van der Waals surface area (Å²) in [5.74, 6) is -0.192. The van der Waals surface area contributed by atoms with Gasteiger partial charge in [0.15, 0.2) is 0 Å². The van der Waals surface area contributed by atoms with Crippen LogP contribution in [0.3, 0.4) is 0 Å². The predicted octanol–water partition coefficient (Wildman–Crippen LogP) is 2.75. The van der Waals surface area contributed by atoms with Gasteiger partial charge in [0.2, 0.25) is 11.8 Å². The summed E-state index contributed by atoms with van der Waals surface area (Å²) in [6.45, 7) is 6.70. The second-order valence-electron chi connectivity index (χ2n) is 8.99. The van der Waals surface area contributed by atoms with Crippen LogP contribution in [-0.2, 0) is 20.7 Å². The van der Waals surface area contributed by atoms with E-state index in [4.69, 9.17) is 4.74 Å². The Morgan fingerprint density at radius 2 is 1.90 bits per heavy atom. The second-order valence-corrected chi connectivity index (χ2v) is 8.99. The Bertz CT molecular complexity index is 754. The number of carbonyl (C=O) groups excluding carboxylic acids is 2. The molecule has 30 heavy (non-hydrogen) atoms. The number of hydrogen-bond donors (Lipinski definition) is 1. The monoisotopic (exact) mass is 413 g/mol. The van der Waals surface area contributed by atoms with Crippen molar-refractivity contribution >= 4 is 17.5 Å². The summed E-state index contributed by atoms with van der Waals surface area (Å²) in [6.07, 6.45) is 7.16. The maximum absolute atomic E-state index is 13.1. The van der Waals surface area contributed by atoms with Crippen LogP contribution in [0.1, 0.15) is 51.0 Å². The van der Waals surface area contributed by atoms with E-state index in [9.17, 15) is 9.59 Å². The number of morpholine rings is 1. The first-order chi connectivity index (χ1) is 14.6. The number of ether oxygens (including phenoxy) is 1. The number of nitrogens with zero attached hydrogens (tertiary/aromatic N) is 2. The van der Waals surface area contributed by atoms with Crippen molar-refractivity contribution in [3.63, 3.8) is 0 Å². The van der Waals surface area contributed by atoms with E-state index in [1.54, 1.807) is 4.90 Å². The maximum Gasteiger partial charge on any atom is 0.227 e. The molecule has 2 saturated heterocycles. The van der Waals surface area contributed by atoms with E-state index in [1.807, 2.05) is 18.2 Å². The van der Waals surface area contributed by atoms with Crippen LogP contribution < -0.4 is 10.2 Å². The quantitative estimate of drug-likeness (QED) is 0.779. The van der Waals surface area contributed by atoms with Gasteiger partial charge in [-0.2, -0.15) is 0 Å². The Balaban J connectivity index is 1.40. The molecular formula is C24H35N3O3. The third kappa shape index (κ3) is 4.40. The number of carbonyl (C=O) groups is 2. The van der Waals surface area contributed by atoms with Crippen LogP contribution in [-0.4, -0.2) is 61.6 Å². The van der Waals surface area contributed by atoms with E-state index >= 15 is 0 Å². The van der Waals surface area contributed by atoms with Gasteiger partial charge in [0.1, 0.15) is 0 Å². The fourth-order valence-corrected chi connectivity index (χ4v) is 5.44. The molecule has 3 fully saturated rings. The fraction of sp³-hybridized carbons (Fsp3) is 0.667. The summed E-state index contributed by atoms with van der Waals surface area (Å²) >= 11 is 0. The Hall–Kier alpha value is -1.92. The third-order valence-corrected chi connectivity index (χ3v) is 7.22. The number of nitrogens with one attached hydrogen (secondary N) is 1. The Morgan fingerprint density at radius 1 is 1.17 bits per heavy atom. The molecule has 0 bridgehead atoms. The highest BCUT2D eigenvalue weighted by molar-refractivity contribution is 6.00. The van der Waals surface area contributed by atoms with Crippen LogP contribution in [0.2, 0.25) is 0 Å². The van der Waals surface area contributed by atoms with Gasteiger partial charge in [0.05, 0.1) is 19.1 Å². The highest BCUT2D eigenvalue weighted by Gasteiger charge is 2.41. The standard InChI is InChI=1S/C24H35N3O3/c1-2-19-8-4-5-9-21(19)27-17-20(16-22(27)28)23(29)25-18-24(10-6-3-7-11-24)26-12-14-30-15-13-26/h4-5,8-9,20H,2-3,6-7,10-18H2,1H3,(H,25,29). The molecule has 0 aromatic heterocycles. The largest absolute Gasteiger partial charge is 0.379 e. The van der Waals surface area contributed by atoms with Crippen LogP contribution >= 0.6 is 0 Å². The molecule has 2 amide bonds. The molecule has 6 nitrogen and oxygen atoms in total. The van der Waals surface area contributed by atoms with Gasteiger partial charge in [-0.3, -0.25) is 14.5 Å². The topological polar surface area (TPSA) is 61.9 Å². The van der Waals surface area contributed by atoms with Gasteiger partial charge in [-0.1, -0.05) is 44.4 Å². The maximum atomic E-state index is 13.1. The first kappa shape index (κ1) is 21.3. The number of aryl methyl sites for hydroxylation is 1. The van der Waals surface area contributed by atoms with Gasteiger partial charge in [0.25, 0.3) is 0 Å². The predicted molar refractivity (Wildman–Crippen MR) is 117 cm³/mol. The number of amides is 2. The van der Waals surface area contributed by atoms with Crippen molar-refractivity contribution < 1.29 is 14.3 Å². The minimum Gasteiger partial charge on any atom is -0.379 e. The average molecular weight is 414 g/mol. The molecular weight excluding hydrogens is 378 g/mol. The lowest BCUT2D eigenvalue weighted by atomic mass is 9.79. The highest BCUT2D eigenvalue weighted by Crippen LogP contribution is 2.34. The molecule has 0 spiro atoms. The second kappa shape index (κ2) is 9.48. The lowest BCUT2D eigenvalue weighted by Gasteiger charge is -2.48. The van der Waals surface area contributed by atoms with Crippen LogP contribution in [0.25, 0.3) is 0 Å². The summed E-state index contributed by atoms with van der Waals surface area (Å²) in [6, 6.07) is 8.02. The normalized spacial score (nSPS) is 24.8. The van der Waals surface area contributed by atoms with E-state index in [0.717, 1.165) is 56.8 Å². The molecule has 4 rings (SSSR count). The van der Waals surface area contributed by atoms with Gasteiger partial charge in [-0.25, -0.2) is 0 Å². The van der Waals surface area contributed by atoms with Crippen molar-refractivity contribution in [2.75, 3.05) is 44.3 Å². The summed E-state index contributed by atoms with van der Waals surface area (Å²) in [4.78, 5) is 30.1. The van der Waals surface area contributed by atoms with Crippen molar-refractivity contribution in [2.45, 2.75) is 57.4 Å². The van der Waals surface area contributed by atoms with Crippen LogP contribution in [0.15, 0.2) is 24.3 Å². The van der Waals surface area contributed by atoms with E-state index in [0.29, 0.717) is 19.5 Å². The van der Waals surface area contributed by atoms with Crippen molar-refractivity contribution in [1.82, 2.24) is 10.2 Å². The smallest absolute Gasteiger partial charge is 0.227 e. The molecule has 1 aromatic carbocycles. The van der Waals surface area contributed by atoms with E-state index in [-0.39, 0.29) is 23.3 Å². The van der Waals surface area contributed by atoms with Crippen LogP contribution in [0.5, 0.6) is 0 Å². The SMILES string of the molecule is CCc1ccccc1N1CC(C(=O)NCC2(N3CCOCC3)CCCCC2)CC1=O. The summed E-state index contributed by atoms with van der Waals surface area (Å²) in [7, 11) is 0. The molecule has 3 aliphatic rings. The van der Waals surface area contributed by atoms with E-state index < -0.39 is 0 Å². The molecule has 2 heterocycles. The molecule has 0 radical (unpaired) electrons. The molecule has 1 aromatic rings. The minimum absolute atomic E-state index is 0.0260. The van der Waals surface area contributed by atoms with Gasteiger partial charge >= 0.3 is 0 Å². The fourth-order valence-electron chi connectivity index (χ4n) is 5.44. The molecule has 2 aliphatic heterocycles. The van der Waals surface area contributed by atoms with E-state index in [1.165, 1.54) is 19.3 Å². The minimum atomic E-state index is -0.271. The lowest BCUT2D eigenvalue weighted by Crippen LogP contribution is -2.60. The zero-order chi connectivity index (χ0) is 21.0. The molecule has 1 unspecified atom stereocenters. The molecule has 1 saturated carbocycles. The number of anilines is 1. The first-order valence-corrected chi connectivity index (χ1v) is 11.6. The molecule has 164 valence electrons. The molecule has 1 N–H and O–H groups in total. The van der Waals surface area contributed by atoms with Crippen molar-refractivity contribution in [3.05, 3.63) is 29.8 Å². The Morgan fingerprint density at radius 3 is 2.63 bits per heavy atom. The van der Waals surface area contributed by atoms with Gasteiger partial charge in [-0.15, -0.1) is 0 Å². The highest BCUT2D eigenvalue weighted by atomic mass is 16.5. The van der Waals surface area contributed by atoms with Crippen molar-refractivity contribution in [2.24, 2.45) is 5.92 Å². The van der Waals surface area contributed by atoms with E-state index in [2.05, 4.69) is 23.2 Å². The van der Waals surface area contributed by atoms with Gasteiger partial charge in [-0.05, 0) is 30.9 Å². The van der Waals surface area contributed by atoms with Crippen molar-refractivity contribution in [3.8, 4) is 0 Å². The van der Waals surface area contributed by atoms with Crippen LogP contribution in [0, 0.1) is 5.92 Å². The molecule has 6 heteroatoms. The zero-order valence-electron chi connectivity index (χ0n) is 18.2. The van der Waals surface area contributed by atoms with Crippen LogP contribution in [0.4, 0.5) is 5.69 Å². The first-order valence-electron chi connectivity index (χ1n) is 11.6. The molecule has 1 atom stereocenters. The van der Waals surface area contributed by atoms with Gasteiger partial charge in [0, 0.05) is 43.8 Å². The Kier molecular flexibility index (Phi) is 6.74.